The summed E-state index contributed by atoms with van der Waals surface area (Å²) in [5.74, 6) is -5.11. The maximum atomic E-state index is 16.6. The molecule has 0 spiro atoms. The average Bonchev–Trinajstić information content (AvgIpc) is 3.29. The lowest BCUT2D eigenvalue weighted by molar-refractivity contribution is -0.213. The number of nitrogens with one attached hydrogen (secondary N) is 2. The molecule has 17 heteroatoms. The van der Waals surface area contributed by atoms with E-state index in [9.17, 15) is 40.3 Å². The highest BCUT2D eigenvalue weighted by molar-refractivity contribution is 6.03. The molecule has 2 aromatic heterocycles. The number of hydrogen-bond acceptors (Lipinski definition) is 7. The second-order valence-corrected chi connectivity index (χ2v) is 11.6. The standard InChI is InChI=1S/C29H26F8N6O3/c1-11-19(28(32,33)34)14(7-15(38)20(11)30)22-21(31)23(39-8-12-3-6-17(44)42(2)9-12)18-26(41-22)46-25(29(35,36)37)24-16-5-4-13(40-16)10-43(24)27(18)45/h3,6-7,9,13,16,24-25,40H,4-5,8,10,38H2,1-2H3,(H,39,41)/t13-,16+,24+,25-/m1/s1. The fraction of sp³-hybridized carbons (Fsp3) is 0.414. The Morgan fingerprint density at radius 2 is 1.83 bits per heavy atom. The number of fused-ring (bicyclic) bond motifs is 5. The number of rotatable bonds is 4. The van der Waals surface area contributed by atoms with Gasteiger partial charge >= 0.3 is 12.4 Å². The topological polar surface area (TPSA) is 115 Å². The molecule has 5 heterocycles. The second kappa shape index (κ2) is 10.8. The molecule has 3 aromatic rings. The molecule has 46 heavy (non-hydrogen) atoms. The molecule has 4 N–H and O–H groups in total. The van der Waals surface area contributed by atoms with Crippen molar-refractivity contribution in [3.05, 3.63) is 68.6 Å². The van der Waals surface area contributed by atoms with Crippen LogP contribution in [0.15, 0.2) is 29.2 Å². The Bertz CT molecular complexity index is 1810. The van der Waals surface area contributed by atoms with E-state index in [0.717, 1.165) is 11.8 Å². The van der Waals surface area contributed by atoms with Crippen molar-refractivity contribution in [2.75, 3.05) is 17.6 Å². The third kappa shape index (κ3) is 5.19. The highest BCUT2D eigenvalue weighted by atomic mass is 19.4. The summed E-state index contributed by atoms with van der Waals surface area (Å²) in [5.41, 5.74) is -1.69. The highest BCUT2D eigenvalue weighted by Gasteiger charge is 2.58. The molecule has 9 nitrogen and oxygen atoms in total. The van der Waals surface area contributed by atoms with Crippen LogP contribution in [0.1, 0.15) is 39.9 Å². The molecule has 2 bridgehead atoms. The zero-order chi connectivity index (χ0) is 33.5. The Hall–Kier alpha value is -4.41. The van der Waals surface area contributed by atoms with Crippen LogP contribution in [0.25, 0.3) is 11.3 Å². The first-order valence-corrected chi connectivity index (χ1v) is 14.1. The average molecular weight is 659 g/mol. The first-order chi connectivity index (χ1) is 21.5. The number of hydrogen-bond donors (Lipinski definition) is 3. The highest BCUT2D eigenvalue weighted by Crippen LogP contribution is 2.47. The minimum atomic E-state index is -5.28. The van der Waals surface area contributed by atoms with Gasteiger partial charge in [0.2, 0.25) is 17.5 Å². The van der Waals surface area contributed by atoms with Crippen LogP contribution >= 0.6 is 0 Å². The fourth-order valence-electron chi connectivity index (χ4n) is 6.51. The van der Waals surface area contributed by atoms with E-state index in [4.69, 9.17) is 10.5 Å². The Labute approximate surface area is 255 Å². The molecule has 6 rings (SSSR count). The van der Waals surface area contributed by atoms with Crippen molar-refractivity contribution in [2.45, 2.75) is 62.9 Å². The van der Waals surface area contributed by atoms with Gasteiger partial charge in [0.15, 0.2) is 5.82 Å². The number of amides is 1. The van der Waals surface area contributed by atoms with Crippen molar-refractivity contribution in [3.8, 4) is 17.1 Å². The molecule has 3 aliphatic rings. The van der Waals surface area contributed by atoms with Gasteiger partial charge in [0.25, 0.3) is 5.91 Å². The van der Waals surface area contributed by atoms with E-state index < -0.39 is 93.3 Å². The van der Waals surface area contributed by atoms with E-state index in [2.05, 4.69) is 15.6 Å². The van der Waals surface area contributed by atoms with Crippen molar-refractivity contribution in [3.63, 3.8) is 0 Å². The number of nitrogens with two attached hydrogens (primary N) is 1. The van der Waals surface area contributed by atoms with Crippen LogP contribution in [0.5, 0.6) is 5.88 Å². The summed E-state index contributed by atoms with van der Waals surface area (Å²) in [7, 11) is 1.43. The maximum Gasteiger partial charge on any atom is 0.427 e. The SMILES string of the molecule is Cc1c(F)c(N)cc(-c2nc3c(c(NCc4ccc(=O)n(C)c4)c2F)C(=O)N2C[C@H]4CC[C@H](N4)[C@H]2[C@H](C(F)(F)F)O3)c1C(F)(F)F. The van der Waals surface area contributed by atoms with Gasteiger partial charge in [-0.15, -0.1) is 0 Å². The molecule has 246 valence electrons. The summed E-state index contributed by atoms with van der Waals surface area (Å²) >= 11 is 0. The van der Waals surface area contributed by atoms with Crippen LogP contribution in [0.4, 0.5) is 46.5 Å². The van der Waals surface area contributed by atoms with Gasteiger partial charge in [-0.3, -0.25) is 9.59 Å². The van der Waals surface area contributed by atoms with Gasteiger partial charge in [0.05, 0.1) is 23.0 Å². The lowest BCUT2D eigenvalue weighted by Crippen LogP contribution is -2.66. The van der Waals surface area contributed by atoms with Crippen LogP contribution in [0.2, 0.25) is 0 Å². The minimum absolute atomic E-state index is 0.176. The number of anilines is 2. The number of pyridine rings is 2. The Balaban J connectivity index is 1.61. The van der Waals surface area contributed by atoms with Crippen LogP contribution in [-0.2, 0) is 19.8 Å². The molecule has 0 radical (unpaired) electrons. The number of nitrogens with zero attached hydrogens (tertiary/aromatic N) is 3. The van der Waals surface area contributed by atoms with E-state index in [1.165, 1.54) is 29.9 Å². The summed E-state index contributed by atoms with van der Waals surface area (Å²) < 4.78 is 125. The summed E-state index contributed by atoms with van der Waals surface area (Å²) in [4.78, 5) is 30.7. The van der Waals surface area contributed by atoms with E-state index in [1.54, 1.807) is 0 Å². The van der Waals surface area contributed by atoms with Gasteiger partial charge in [-0.2, -0.15) is 26.3 Å². The lowest BCUT2D eigenvalue weighted by atomic mass is 9.95. The quantitative estimate of drug-likeness (QED) is 0.279. The van der Waals surface area contributed by atoms with Gasteiger partial charge < -0.3 is 30.6 Å². The molecule has 1 amide bonds. The van der Waals surface area contributed by atoms with Gasteiger partial charge in [-0.05, 0) is 37.0 Å². The molecule has 0 aliphatic carbocycles. The number of piperazine rings is 1. The van der Waals surface area contributed by atoms with Crippen LogP contribution in [-0.4, -0.2) is 57.3 Å². The summed E-state index contributed by atoms with van der Waals surface area (Å²) in [6.45, 7) is 0.257. The number of ether oxygens (including phenoxy) is 1. The first kappa shape index (κ1) is 31.6. The number of halogens is 8. The predicted octanol–water partition coefficient (Wildman–Crippen LogP) is 4.52. The van der Waals surface area contributed by atoms with Gasteiger partial charge in [-0.1, -0.05) is 6.07 Å². The number of carbonyl (C=O) groups excluding carboxylic acids is 1. The Kier molecular flexibility index (Phi) is 7.44. The summed E-state index contributed by atoms with van der Waals surface area (Å²) in [6, 6.07) is 0.242. The number of carbonyl (C=O) groups is 1. The first-order valence-electron chi connectivity index (χ1n) is 14.1. The van der Waals surface area contributed by atoms with E-state index in [-0.39, 0.29) is 31.1 Å². The van der Waals surface area contributed by atoms with Gasteiger partial charge in [0, 0.05) is 50.0 Å². The third-order valence-electron chi connectivity index (χ3n) is 8.60. The third-order valence-corrected chi connectivity index (χ3v) is 8.60. The van der Waals surface area contributed by atoms with Crippen molar-refractivity contribution < 1.29 is 44.7 Å². The molecule has 3 aliphatic heterocycles. The Morgan fingerprint density at radius 1 is 1.11 bits per heavy atom. The number of aryl methyl sites for hydroxylation is 1. The van der Waals surface area contributed by atoms with Crippen molar-refractivity contribution in [2.24, 2.45) is 7.05 Å². The number of alkyl halides is 6. The molecule has 1 aromatic carbocycles. The minimum Gasteiger partial charge on any atom is -0.462 e. The molecule has 0 unspecified atom stereocenters. The maximum absolute atomic E-state index is 16.6. The second-order valence-electron chi connectivity index (χ2n) is 11.6. The Morgan fingerprint density at radius 3 is 2.48 bits per heavy atom. The van der Waals surface area contributed by atoms with Gasteiger partial charge in [-0.25, -0.2) is 13.8 Å². The predicted molar refractivity (Wildman–Crippen MR) is 148 cm³/mol. The summed E-state index contributed by atoms with van der Waals surface area (Å²) in [6.07, 6.45) is -10.9. The largest absolute Gasteiger partial charge is 0.462 e. The smallest absolute Gasteiger partial charge is 0.427 e. The van der Waals surface area contributed by atoms with Crippen molar-refractivity contribution >= 4 is 17.3 Å². The fourth-order valence-corrected chi connectivity index (χ4v) is 6.51. The van der Waals surface area contributed by atoms with Crippen molar-refractivity contribution in [1.29, 1.82) is 0 Å². The monoisotopic (exact) mass is 658 g/mol. The zero-order valence-corrected chi connectivity index (χ0v) is 24.1. The van der Waals surface area contributed by atoms with Crippen LogP contribution in [0.3, 0.4) is 0 Å². The number of aromatic nitrogens is 2. The zero-order valence-electron chi connectivity index (χ0n) is 24.1. The van der Waals surface area contributed by atoms with Crippen LogP contribution < -0.4 is 26.7 Å². The normalized spacial score (nSPS) is 22.7. The lowest BCUT2D eigenvalue weighted by Gasteiger charge is -2.42. The molecular formula is C29H26F8N6O3. The van der Waals surface area contributed by atoms with Crippen LogP contribution in [0, 0.1) is 18.6 Å². The molecule has 2 saturated heterocycles. The van der Waals surface area contributed by atoms with Gasteiger partial charge in [0.1, 0.15) is 17.1 Å². The molecular weight excluding hydrogens is 632 g/mol. The summed E-state index contributed by atoms with van der Waals surface area (Å²) in [5, 5.41) is 5.66. The van der Waals surface area contributed by atoms with Crippen molar-refractivity contribution in [1.82, 2.24) is 19.8 Å². The van der Waals surface area contributed by atoms with E-state index >= 15 is 4.39 Å². The van der Waals surface area contributed by atoms with E-state index in [0.29, 0.717) is 18.1 Å². The van der Waals surface area contributed by atoms with E-state index in [1.807, 2.05) is 0 Å². The molecule has 2 fully saturated rings. The number of nitrogen functional groups attached to an aromatic ring is 1. The number of benzene rings is 1. The molecule has 4 atom stereocenters. The molecule has 0 saturated carbocycles.